The van der Waals surface area contributed by atoms with Crippen molar-refractivity contribution in [2.24, 2.45) is 0 Å². The number of ether oxygens (including phenoxy) is 1. The Morgan fingerprint density at radius 1 is 1.12 bits per heavy atom. The molecule has 1 aromatic rings. The number of hydrogen-bond acceptors (Lipinski definition) is 8. The zero-order valence-electron chi connectivity index (χ0n) is 13.8. The molecule has 0 saturated carbocycles. The number of amides is 1. The molecule has 1 aromatic carbocycles. The first kappa shape index (κ1) is 21.3. The van der Waals surface area contributed by atoms with Crippen molar-refractivity contribution in [3.8, 4) is 0 Å². The van der Waals surface area contributed by atoms with Gasteiger partial charge in [0.1, 0.15) is 6.29 Å². The molecule has 0 unspecified atom stereocenters. The number of rotatable bonds is 9. The van der Waals surface area contributed by atoms with Gasteiger partial charge in [-0.05, 0) is 12.1 Å². The lowest BCUT2D eigenvalue weighted by Crippen LogP contribution is -2.37. The fraction of sp³-hybridized carbons (Fsp3) is 0.385. The van der Waals surface area contributed by atoms with Crippen molar-refractivity contribution in [2.45, 2.75) is 4.90 Å². The first-order valence-corrected chi connectivity index (χ1v) is 10.0. The van der Waals surface area contributed by atoms with Crippen molar-refractivity contribution < 1.29 is 36.4 Å². The van der Waals surface area contributed by atoms with Crippen LogP contribution in [-0.2, 0) is 33.2 Å². The van der Waals surface area contributed by atoms with Gasteiger partial charge in [-0.3, -0.25) is 9.36 Å². The second kappa shape index (κ2) is 9.07. The van der Waals surface area contributed by atoms with E-state index in [0.717, 1.165) is 21.3 Å². The molecule has 0 aliphatic heterocycles. The summed E-state index contributed by atoms with van der Waals surface area (Å²) in [6.45, 7) is -0.634. The fourth-order valence-corrected chi connectivity index (χ4v) is 3.62. The number of carbonyl (C=O) groups excluding carboxylic acids is 2. The first-order chi connectivity index (χ1) is 11.7. The number of sulfonamides is 1. The van der Waals surface area contributed by atoms with Crippen LogP contribution in [0.25, 0.3) is 0 Å². The highest BCUT2D eigenvalue weighted by Crippen LogP contribution is 2.44. The molecule has 0 fully saturated rings. The Kier molecular flexibility index (Phi) is 7.71. The van der Waals surface area contributed by atoms with E-state index >= 15 is 0 Å². The maximum atomic E-state index is 12.3. The van der Waals surface area contributed by atoms with Crippen molar-refractivity contribution in [2.75, 3.05) is 34.2 Å². The summed E-state index contributed by atoms with van der Waals surface area (Å²) in [5.74, 6) is -1.58. The summed E-state index contributed by atoms with van der Waals surface area (Å²) < 4.78 is 52.2. The molecule has 12 heteroatoms. The molecule has 0 atom stereocenters. The van der Waals surface area contributed by atoms with E-state index in [1.807, 2.05) is 4.72 Å². The predicted octanol–water partition coefficient (Wildman–Crippen LogP) is 0.311. The van der Waals surface area contributed by atoms with E-state index in [4.69, 9.17) is 0 Å². The Labute approximate surface area is 145 Å². The molecule has 0 heterocycles. The summed E-state index contributed by atoms with van der Waals surface area (Å²) in [5, 5.41) is 2.23. The summed E-state index contributed by atoms with van der Waals surface area (Å²) in [6, 6.07) is 5.39. The molecule has 0 radical (unpaired) electrons. The minimum Gasteiger partial charge on any atom is -0.465 e. The summed E-state index contributed by atoms with van der Waals surface area (Å²) in [4.78, 5) is 23.0. The molecular formula is C13H19N2O8PS. The third-order valence-electron chi connectivity index (χ3n) is 3.03. The van der Waals surface area contributed by atoms with E-state index in [2.05, 4.69) is 19.1 Å². The number of carbonyl (C=O) groups is 2. The van der Waals surface area contributed by atoms with E-state index in [-0.39, 0.29) is 10.5 Å². The minimum atomic E-state index is -4.15. The summed E-state index contributed by atoms with van der Waals surface area (Å²) in [6.07, 6.45) is -0.417. The lowest BCUT2D eigenvalue weighted by molar-refractivity contribution is -0.119. The Hall–Kier alpha value is -1.78. The SMILES string of the molecule is COC(=O)c1ccccc1S(=O)(=O)NCC(=O)NCP(=O)(OC)OC. The van der Waals surface area contributed by atoms with Gasteiger partial charge >= 0.3 is 13.6 Å². The number of hydrogen-bond donors (Lipinski definition) is 2. The van der Waals surface area contributed by atoms with Gasteiger partial charge in [-0.2, -0.15) is 0 Å². The van der Waals surface area contributed by atoms with E-state index < -0.39 is 42.3 Å². The van der Waals surface area contributed by atoms with Crippen LogP contribution in [0.3, 0.4) is 0 Å². The quantitative estimate of drug-likeness (QED) is 0.451. The van der Waals surface area contributed by atoms with Gasteiger partial charge in [-0.25, -0.2) is 17.9 Å². The lowest BCUT2D eigenvalue weighted by Gasteiger charge is -2.14. The molecular weight excluding hydrogens is 375 g/mol. The predicted molar refractivity (Wildman–Crippen MR) is 87.6 cm³/mol. The Morgan fingerprint density at radius 3 is 2.28 bits per heavy atom. The van der Waals surface area contributed by atoms with Crippen molar-refractivity contribution in [3.63, 3.8) is 0 Å². The van der Waals surface area contributed by atoms with Gasteiger partial charge in [0.2, 0.25) is 15.9 Å². The third kappa shape index (κ3) is 5.91. The fourth-order valence-electron chi connectivity index (χ4n) is 1.67. The van der Waals surface area contributed by atoms with Gasteiger partial charge in [0.25, 0.3) is 0 Å². The second-order valence-electron chi connectivity index (χ2n) is 4.55. The maximum Gasteiger partial charge on any atom is 0.349 e. The Balaban J connectivity index is 2.79. The average molecular weight is 394 g/mol. The van der Waals surface area contributed by atoms with Gasteiger partial charge in [-0.15, -0.1) is 0 Å². The standard InChI is InChI=1S/C13H19N2O8PS/c1-21-13(17)10-6-4-5-7-11(10)25(19,20)15-8-12(16)14-9-24(18,22-2)23-3/h4-7,15H,8-9H2,1-3H3,(H,14,16). The summed E-state index contributed by atoms with van der Waals surface area (Å²) in [5.41, 5.74) is -0.166. The van der Waals surface area contributed by atoms with Gasteiger partial charge in [-0.1, -0.05) is 12.1 Å². The largest absolute Gasteiger partial charge is 0.465 e. The molecule has 0 saturated heterocycles. The smallest absolute Gasteiger partial charge is 0.349 e. The highest BCUT2D eigenvalue weighted by molar-refractivity contribution is 7.89. The molecule has 10 nitrogen and oxygen atoms in total. The Bertz CT molecular complexity index is 772. The highest BCUT2D eigenvalue weighted by Gasteiger charge is 2.25. The van der Waals surface area contributed by atoms with Crippen LogP contribution in [0.4, 0.5) is 0 Å². The van der Waals surface area contributed by atoms with Crippen LogP contribution >= 0.6 is 7.60 Å². The van der Waals surface area contributed by atoms with Crippen molar-refractivity contribution in [3.05, 3.63) is 29.8 Å². The molecule has 0 aromatic heterocycles. The van der Waals surface area contributed by atoms with Gasteiger partial charge < -0.3 is 19.1 Å². The zero-order chi connectivity index (χ0) is 19.1. The molecule has 0 aliphatic rings. The van der Waals surface area contributed by atoms with Crippen LogP contribution in [0.15, 0.2) is 29.2 Å². The molecule has 0 spiro atoms. The van der Waals surface area contributed by atoms with Crippen LogP contribution in [0, 0.1) is 0 Å². The van der Waals surface area contributed by atoms with Crippen LogP contribution < -0.4 is 10.0 Å². The lowest BCUT2D eigenvalue weighted by atomic mass is 10.2. The number of esters is 1. The molecule has 25 heavy (non-hydrogen) atoms. The topological polar surface area (TPSA) is 137 Å². The van der Waals surface area contributed by atoms with Gasteiger partial charge in [0.05, 0.1) is 24.1 Å². The van der Waals surface area contributed by atoms with Gasteiger partial charge in [0, 0.05) is 14.2 Å². The highest BCUT2D eigenvalue weighted by atomic mass is 32.2. The van der Waals surface area contributed by atoms with Crippen LogP contribution in [0.5, 0.6) is 0 Å². The van der Waals surface area contributed by atoms with E-state index in [1.165, 1.54) is 24.3 Å². The first-order valence-electron chi connectivity index (χ1n) is 6.83. The Morgan fingerprint density at radius 2 is 1.72 bits per heavy atom. The minimum absolute atomic E-state index is 0.166. The molecule has 0 bridgehead atoms. The molecule has 0 aliphatic carbocycles. The van der Waals surface area contributed by atoms with Crippen molar-refractivity contribution in [1.82, 2.24) is 10.0 Å². The van der Waals surface area contributed by atoms with E-state index in [9.17, 15) is 22.6 Å². The van der Waals surface area contributed by atoms with Crippen molar-refractivity contribution in [1.29, 1.82) is 0 Å². The third-order valence-corrected chi connectivity index (χ3v) is 6.15. The number of methoxy groups -OCH3 is 1. The summed E-state index contributed by atoms with van der Waals surface area (Å²) in [7, 11) is -4.17. The average Bonchev–Trinajstić information content (AvgIpc) is 2.63. The number of benzene rings is 1. The number of nitrogens with one attached hydrogen (secondary N) is 2. The summed E-state index contributed by atoms with van der Waals surface area (Å²) >= 11 is 0. The van der Waals surface area contributed by atoms with E-state index in [1.54, 1.807) is 0 Å². The van der Waals surface area contributed by atoms with Crippen LogP contribution in [-0.4, -0.2) is 54.5 Å². The second-order valence-corrected chi connectivity index (χ2v) is 8.55. The molecule has 140 valence electrons. The van der Waals surface area contributed by atoms with Crippen LogP contribution in [0.1, 0.15) is 10.4 Å². The normalized spacial score (nSPS) is 11.8. The molecule has 2 N–H and O–H groups in total. The maximum absolute atomic E-state index is 12.3. The zero-order valence-corrected chi connectivity index (χ0v) is 15.6. The van der Waals surface area contributed by atoms with Crippen LogP contribution in [0.2, 0.25) is 0 Å². The van der Waals surface area contributed by atoms with Crippen molar-refractivity contribution >= 4 is 29.5 Å². The van der Waals surface area contributed by atoms with Gasteiger partial charge in [0.15, 0.2) is 0 Å². The molecule has 1 amide bonds. The van der Waals surface area contributed by atoms with E-state index in [0.29, 0.717) is 0 Å². The monoisotopic (exact) mass is 394 g/mol. The molecule has 1 rings (SSSR count).